The molecule has 1 atom stereocenters. The van der Waals surface area contributed by atoms with Gasteiger partial charge >= 0.3 is 0 Å². The SMILES string of the molecule is CCN(CC)C(=O)[C@@H](Sc1nc(N)cc(=O)[nH]1)c1ccccc1. The number of rotatable bonds is 6. The summed E-state index contributed by atoms with van der Waals surface area (Å²) in [6.45, 7) is 5.13. The van der Waals surface area contributed by atoms with Crippen LogP contribution in [0.5, 0.6) is 0 Å². The van der Waals surface area contributed by atoms with Crippen LogP contribution in [0.15, 0.2) is 46.3 Å². The molecule has 0 unspecified atom stereocenters. The van der Waals surface area contributed by atoms with Crippen molar-refractivity contribution in [3.63, 3.8) is 0 Å². The van der Waals surface area contributed by atoms with Crippen molar-refractivity contribution < 1.29 is 4.79 Å². The molecule has 23 heavy (non-hydrogen) atoms. The van der Waals surface area contributed by atoms with Gasteiger partial charge in [0.2, 0.25) is 5.91 Å². The maximum atomic E-state index is 12.8. The molecule has 0 saturated heterocycles. The molecule has 122 valence electrons. The van der Waals surface area contributed by atoms with Gasteiger partial charge < -0.3 is 15.6 Å². The van der Waals surface area contributed by atoms with Crippen LogP contribution in [0, 0.1) is 0 Å². The molecule has 1 aromatic carbocycles. The fraction of sp³-hybridized carbons (Fsp3) is 0.312. The second-order valence-electron chi connectivity index (χ2n) is 4.89. The van der Waals surface area contributed by atoms with Gasteiger partial charge in [0.1, 0.15) is 11.1 Å². The quantitative estimate of drug-likeness (QED) is 0.624. The number of aromatic amines is 1. The zero-order valence-electron chi connectivity index (χ0n) is 13.2. The summed E-state index contributed by atoms with van der Waals surface area (Å²) in [7, 11) is 0. The minimum Gasteiger partial charge on any atom is -0.383 e. The summed E-state index contributed by atoms with van der Waals surface area (Å²) in [5.41, 5.74) is 6.15. The Kier molecular flexibility index (Phi) is 5.81. The third kappa shape index (κ3) is 4.35. The van der Waals surface area contributed by atoms with Crippen molar-refractivity contribution >= 4 is 23.5 Å². The number of nitrogens with one attached hydrogen (secondary N) is 1. The predicted octanol–water partition coefficient (Wildman–Crippen LogP) is 2.05. The van der Waals surface area contributed by atoms with E-state index in [9.17, 15) is 9.59 Å². The van der Waals surface area contributed by atoms with Gasteiger partial charge in [-0.3, -0.25) is 9.59 Å². The Morgan fingerprint density at radius 3 is 2.52 bits per heavy atom. The predicted molar refractivity (Wildman–Crippen MR) is 92.2 cm³/mol. The summed E-state index contributed by atoms with van der Waals surface area (Å²) < 4.78 is 0. The molecule has 6 nitrogen and oxygen atoms in total. The van der Waals surface area contributed by atoms with Gasteiger partial charge in [-0.1, -0.05) is 42.1 Å². The second kappa shape index (κ2) is 7.82. The van der Waals surface area contributed by atoms with Gasteiger partial charge in [0.15, 0.2) is 5.16 Å². The average molecular weight is 332 g/mol. The Hall–Kier alpha value is -2.28. The Labute approximate surface area is 139 Å². The van der Waals surface area contributed by atoms with Crippen LogP contribution in [0.25, 0.3) is 0 Å². The first kappa shape index (κ1) is 17.1. The van der Waals surface area contributed by atoms with E-state index in [2.05, 4.69) is 9.97 Å². The van der Waals surface area contributed by atoms with Gasteiger partial charge in [-0.15, -0.1) is 0 Å². The number of nitrogens with two attached hydrogens (primary N) is 1. The summed E-state index contributed by atoms with van der Waals surface area (Å²) in [5.74, 6) is 0.120. The van der Waals surface area contributed by atoms with E-state index in [0.29, 0.717) is 18.2 Å². The van der Waals surface area contributed by atoms with Crippen LogP contribution in [-0.2, 0) is 4.79 Å². The summed E-state index contributed by atoms with van der Waals surface area (Å²) in [4.78, 5) is 32.9. The number of carbonyl (C=O) groups excluding carboxylic acids is 1. The summed E-state index contributed by atoms with van der Waals surface area (Å²) in [6, 6.07) is 10.7. The second-order valence-corrected chi connectivity index (χ2v) is 5.99. The highest BCUT2D eigenvalue weighted by Gasteiger charge is 2.26. The number of anilines is 1. The van der Waals surface area contributed by atoms with E-state index < -0.39 is 5.25 Å². The Morgan fingerprint density at radius 1 is 1.30 bits per heavy atom. The summed E-state index contributed by atoms with van der Waals surface area (Å²) in [6.07, 6.45) is 0. The Balaban J connectivity index is 2.37. The van der Waals surface area contributed by atoms with E-state index in [1.165, 1.54) is 17.8 Å². The highest BCUT2D eigenvalue weighted by molar-refractivity contribution is 8.00. The number of nitrogens with zero attached hydrogens (tertiary/aromatic N) is 2. The minimum atomic E-state index is -0.485. The summed E-state index contributed by atoms with van der Waals surface area (Å²) >= 11 is 1.20. The van der Waals surface area contributed by atoms with E-state index in [4.69, 9.17) is 5.73 Å². The standard InChI is InChI=1S/C16H20N4O2S/c1-3-20(4-2)15(22)14(11-8-6-5-7-9-11)23-16-18-12(17)10-13(21)19-16/h5-10,14H,3-4H2,1-2H3,(H3,17,18,19,21)/t14-/m0/s1. The van der Waals surface area contributed by atoms with Crippen LogP contribution in [0.4, 0.5) is 5.82 Å². The Morgan fingerprint density at radius 2 is 1.96 bits per heavy atom. The molecule has 0 aliphatic rings. The molecule has 3 N–H and O–H groups in total. The first-order chi connectivity index (χ1) is 11.0. The van der Waals surface area contributed by atoms with Crippen LogP contribution in [0.2, 0.25) is 0 Å². The molecule has 0 fully saturated rings. The fourth-order valence-corrected chi connectivity index (χ4v) is 3.29. The zero-order chi connectivity index (χ0) is 16.8. The molecule has 1 amide bonds. The normalized spacial score (nSPS) is 11.9. The number of aromatic nitrogens is 2. The van der Waals surface area contributed by atoms with Crippen LogP contribution >= 0.6 is 11.8 Å². The van der Waals surface area contributed by atoms with E-state index in [1.54, 1.807) is 4.90 Å². The highest BCUT2D eigenvalue weighted by atomic mass is 32.2. The van der Waals surface area contributed by atoms with Crippen molar-refractivity contribution in [3.05, 3.63) is 52.3 Å². The lowest BCUT2D eigenvalue weighted by Crippen LogP contribution is -2.34. The van der Waals surface area contributed by atoms with Crippen LogP contribution in [0.1, 0.15) is 24.7 Å². The molecule has 7 heteroatoms. The first-order valence-corrected chi connectivity index (χ1v) is 8.30. The number of likely N-dealkylation sites (N-methyl/N-ethyl adjacent to an activating group) is 1. The fourth-order valence-electron chi connectivity index (χ4n) is 2.21. The monoisotopic (exact) mass is 332 g/mol. The van der Waals surface area contributed by atoms with E-state index in [1.807, 2.05) is 44.2 Å². The number of hydrogen-bond donors (Lipinski definition) is 2. The van der Waals surface area contributed by atoms with Gasteiger partial charge in [0.25, 0.3) is 5.56 Å². The number of thioether (sulfide) groups is 1. The molecule has 0 spiro atoms. The van der Waals surface area contributed by atoms with E-state index in [-0.39, 0.29) is 17.3 Å². The van der Waals surface area contributed by atoms with Gasteiger partial charge in [0.05, 0.1) is 0 Å². The molecule has 0 radical (unpaired) electrons. The first-order valence-electron chi connectivity index (χ1n) is 7.42. The number of H-pyrrole nitrogens is 1. The van der Waals surface area contributed by atoms with Crippen LogP contribution in [0.3, 0.4) is 0 Å². The molecule has 2 aromatic rings. The number of benzene rings is 1. The lowest BCUT2D eigenvalue weighted by Gasteiger charge is -2.24. The van der Waals surface area contributed by atoms with Gasteiger partial charge in [-0.05, 0) is 19.4 Å². The molecule has 0 aliphatic heterocycles. The number of hydrogen-bond acceptors (Lipinski definition) is 5. The largest absolute Gasteiger partial charge is 0.383 e. The lowest BCUT2D eigenvalue weighted by atomic mass is 10.1. The molecular weight excluding hydrogens is 312 g/mol. The molecule has 1 aromatic heterocycles. The molecular formula is C16H20N4O2S. The molecule has 0 aliphatic carbocycles. The van der Waals surface area contributed by atoms with Gasteiger partial charge in [0, 0.05) is 19.2 Å². The van der Waals surface area contributed by atoms with Gasteiger partial charge in [-0.2, -0.15) is 0 Å². The van der Waals surface area contributed by atoms with Gasteiger partial charge in [-0.25, -0.2) is 4.98 Å². The molecule has 1 heterocycles. The van der Waals surface area contributed by atoms with Crippen molar-refractivity contribution in [1.29, 1.82) is 0 Å². The van der Waals surface area contributed by atoms with E-state index >= 15 is 0 Å². The maximum Gasteiger partial charge on any atom is 0.253 e. The highest BCUT2D eigenvalue weighted by Crippen LogP contribution is 2.34. The molecule has 0 bridgehead atoms. The number of nitrogen functional groups attached to an aromatic ring is 1. The lowest BCUT2D eigenvalue weighted by molar-refractivity contribution is -0.130. The van der Waals surface area contributed by atoms with Crippen LogP contribution in [-0.4, -0.2) is 33.9 Å². The topological polar surface area (TPSA) is 92.1 Å². The third-order valence-corrected chi connectivity index (χ3v) is 4.50. The van der Waals surface area contributed by atoms with Crippen LogP contribution < -0.4 is 11.3 Å². The minimum absolute atomic E-state index is 0.0173. The van der Waals surface area contributed by atoms with Crippen molar-refractivity contribution in [3.8, 4) is 0 Å². The van der Waals surface area contributed by atoms with Crippen molar-refractivity contribution in [1.82, 2.24) is 14.9 Å². The Bertz CT molecular complexity index is 714. The average Bonchev–Trinajstić information content (AvgIpc) is 2.53. The molecule has 2 rings (SSSR count). The maximum absolute atomic E-state index is 12.8. The van der Waals surface area contributed by atoms with Crippen molar-refractivity contribution in [2.75, 3.05) is 18.8 Å². The number of amides is 1. The smallest absolute Gasteiger partial charge is 0.253 e. The van der Waals surface area contributed by atoms with Crippen molar-refractivity contribution in [2.24, 2.45) is 0 Å². The number of carbonyl (C=O) groups is 1. The third-order valence-electron chi connectivity index (χ3n) is 3.37. The zero-order valence-corrected chi connectivity index (χ0v) is 14.0. The van der Waals surface area contributed by atoms with Crippen molar-refractivity contribution in [2.45, 2.75) is 24.3 Å². The summed E-state index contributed by atoms with van der Waals surface area (Å²) in [5, 5.41) is -0.148. The van der Waals surface area contributed by atoms with E-state index in [0.717, 1.165) is 5.56 Å². The molecule has 0 saturated carbocycles.